The van der Waals surface area contributed by atoms with Gasteiger partial charge in [0.1, 0.15) is 0 Å². The van der Waals surface area contributed by atoms with Gasteiger partial charge in [-0.25, -0.2) is 0 Å². The molecule has 0 radical (unpaired) electrons. The van der Waals surface area contributed by atoms with Crippen molar-refractivity contribution in [2.24, 2.45) is 11.8 Å². The van der Waals surface area contributed by atoms with Crippen LogP contribution in [0.15, 0.2) is 0 Å². The van der Waals surface area contributed by atoms with Gasteiger partial charge in [0.2, 0.25) is 0 Å². The molecular weight excluding hydrogens is 124 g/mol. The Morgan fingerprint density at radius 3 is 2.80 bits per heavy atom. The Bertz CT molecular complexity index is 88.7. The minimum absolute atomic E-state index is 0.386. The zero-order valence-electron chi connectivity index (χ0n) is 6.84. The maximum Gasteiger partial charge on any atom is 0.0433 e. The molecule has 60 valence electrons. The van der Waals surface area contributed by atoms with Crippen molar-refractivity contribution in [3.63, 3.8) is 0 Å². The Kier molecular flexibility index (Phi) is 3.20. The van der Waals surface area contributed by atoms with Gasteiger partial charge in [0.25, 0.3) is 0 Å². The third-order valence-electron chi connectivity index (χ3n) is 2.58. The molecule has 2 atom stereocenters. The van der Waals surface area contributed by atoms with Crippen molar-refractivity contribution >= 4 is 0 Å². The number of hydrogen-bond acceptors (Lipinski definition) is 1. The third-order valence-corrected chi connectivity index (χ3v) is 2.58. The average molecular weight is 142 g/mol. The van der Waals surface area contributed by atoms with Crippen molar-refractivity contribution in [3.05, 3.63) is 0 Å². The zero-order valence-corrected chi connectivity index (χ0v) is 6.84. The highest BCUT2D eigenvalue weighted by atomic mass is 16.3. The summed E-state index contributed by atoms with van der Waals surface area (Å²) in [5.74, 6) is 1.74. The number of rotatable bonds is 2. The molecule has 1 rings (SSSR count). The number of aliphatic hydroxyl groups excluding tert-OH is 1. The van der Waals surface area contributed by atoms with Crippen molar-refractivity contribution in [2.45, 2.75) is 39.0 Å². The van der Waals surface area contributed by atoms with E-state index in [1.807, 2.05) is 0 Å². The average Bonchev–Trinajstić information content (AvgIpc) is 1.88. The summed E-state index contributed by atoms with van der Waals surface area (Å²) in [5.41, 5.74) is 0. The van der Waals surface area contributed by atoms with Crippen LogP contribution in [0.4, 0.5) is 0 Å². The van der Waals surface area contributed by atoms with Crippen LogP contribution in [0.2, 0.25) is 0 Å². The minimum atomic E-state index is 0.386. The van der Waals surface area contributed by atoms with E-state index in [0.717, 1.165) is 18.3 Å². The fourth-order valence-corrected chi connectivity index (χ4v) is 2.00. The summed E-state index contributed by atoms with van der Waals surface area (Å²) < 4.78 is 0. The summed E-state index contributed by atoms with van der Waals surface area (Å²) in [7, 11) is 0. The van der Waals surface area contributed by atoms with Crippen molar-refractivity contribution < 1.29 is 5.11 Å². The Labute approximate surface area is 63.4 Å². The maximum absolute atomic E-state index is 8.70. The van der Waals surface area contributed by atoms with E-state index in [9.17, 15) is 0 Å². The smallest absolute Gasteiger partial charge is 0.0433 e. The van der Waals surface area contributed by atoms with Gasteiger partial charge in [0.15, 0.2) is 0 Å². The van der Waals surface area contributed by atoms with E-state index >= 15 is 0 Å². The van der Waals surface area contributed by atoms with Crippen molar-refractivity contribution in [2.75, 3.05) is 6.61 Å². The predicted octanol–water partition coefficient (Wildman–Crippen LogP) is 2.20. The summed E-state index contributed by atoms with van der Waals surface area (Å²) >= 11 is 0. The van der Waals surface area contributed by atoms with E-state index in [1.54, 1.807) is 0 Å². The molecule has 0 amide bonds. The first kappa shape index (κ1) is 8.06. The molecule has 1 saturated carbocycles. The van der Waals surface area contributed by atoms with Crippen molar-refractivity contribution in [1.82, 2.24) is 0 Å². The molecule has 1 heteroatoms. The lowest BCUT2D eigenvalue weighted by Crippen LogP contribution is -2.14. The Morgan fingerprint density at radius 2 is 2.20 bits per heavy atom. The first-order chi connectivity index (χ1) is 4.83. The van der Waals surface area contributed by atoms with Crippen LogP contribution in [-0.2, 0) is 0 Å². The maximum atomic E-state index is 8.70. The fraction of sp³-hybridized carbons (Fsp3) is 1.00. The largest absolute Gasteiger partial charge is 0.396 e. The van der Waals surface area contributed by atoms with Crippen LogP contribution in [0.5, 0.6) is 0 Å². The molecule has 0 spiro atoms. The van der Waals surface area contributed by atoms with E-state index in [0.29, 0.717) is 6.61 Å². The molecule has 1 aliphatic rings. The second-order valence-electron chi connectivity index (χ2n) is 3.65. The van der Waals surface area contributed by atoms with E-state index in [4.69, 9.17) is 5.11 Å². The van der Waals surface area contributed by atoms with Gasteiger partial charge < -0.3 is 5.11 Å². The second kappa shape index (κ2) is 3.97. The summed E-state index contributed by atoms with van der Waals surface area (Å²) in [5, 5.41) is 8.70. The van der Waals surface area contributed by atoms with Gasteiger partial charge in [0.05, 0.1) is 0 Å². The number of hydrogen-bond donors (Lipinski definition) is 1. The van der Waals surface area contributed by atoms with Crippen molar-refractivity contribution in [3.8, 4) is 0 Å². The lowest BCUT2D eigenvalue weighted by Gasteiger charge is -2.25. The first-order valence-corrected chi connectivity index (χ1v) is 4.43. The lowest BCUT2D eigenvalue weighted by atomic mass is 9.81. The summed E-state index contributed by atoms with van der Waals surface area (Å²) in [4.78, 5) is 0. The highest BCUT2D eigenvalue weighted by molar-refractivity contribution is 4.69. The van der Waals surface area contributed by atoms with Gasteiger partial charge in [-0.05, 0) is 24.7 Å². The molecule has 0 heterocycles. The molecule has 0 aromatic heterocycles. The molecule has 1 aliphatic carbocycles. The summed E-state index contributed by atoms with van der Waals surface area (Å²) in [6.07, 6.45) is 6.52. The number of aliphatic hydroxyl groups is 1. The Hall–Kier alpha value is -0.0400. The molecule has 1 fully saturated rings. The Balaban J connectivity index is 2.18. The van der Waals surface area contributed by atoms with Gasteiger partial charge >= 0.3 is 0 Å². The molecule has 1 N–H and O–H groups in total. The van der Waals surface area contributed by atoms with Gasteiger partial charge in [-0.15, -0.1) is 0 Å². The van der Waals surface area contributed by atoms with Crippen LogP contribution < -0.4 is 0 Å². The third kappa shape index (κ3) is 2.30. The standard InChI is InChI=1S/C9H18O/c1-8-3-2-4-9(7-8)5-6-10/h8-10H,2-7H2,1H3/t8-,9+/m0/s1. The molecule has 0 saturated heterocycles. The second-order valence-corrected chi connectivity index (χ2v) is 3.65. The zero-order chi connectivity index (χ0) is 7.40. The predicted molar refractivity (Wildman–Crippen MR) is 42.8 cm³/mol. The van der Waals surface area contributed by atoms with E-state index in [1.165, 1.54) is 25.7 Å². The SMILES string of the molecule is C[C@H]1CCC[C@H](CCO)C1. The molecule has 1 nitrogen and oxygen atoms in total. The van der Waals surface area contributed by atoms with Crippen LogP contribution in [0, 0.1) is 11.8 Å². The highest BCUT2D eigenvalue weighted by Crippen LogP contribution is 2.30. The van der Waals surface area contributed by atoms with E-state index in [2.05, 4.69) is 6.92 Å². The molecule has 10 heavy (non-hydrogen) atoms. The van der Waals surface area contributed by atoms with E-state index in [-0.39, 0.29) is 0 Å². The quantitative estimate of drug-likeness (QED) is 0.626. The van der Waals surface area contributed by atoms with Crippen LogP contribution >= 0.6 is 0 Å². The molecule has 0 aliphatic heterocycles. The normalized spacial score (nSPS) is 34.2. The first-order valence-electron chi connectivity index (χ1n) is 4.43. The Morgan fingerprint density at radius 1 is 1.40 bits per heavy atom. The molecule has 0 aromatic carbocycles. The van der Waals surface area contributed by atoms with Gasteiger partial charge in [-0.3, -0.25) is 0 Å². The summed E-state index contributed by atoms with van der Waals surface area (Å²) in [6.45, 7) is 2.71. The molecule has 0 unspecified atom stereocenters. The molecular formula is C9H18O. The van der Waals surface area contributed by atoms with Crippen molar-refractivity contribution in [1.29, 1.82) is 0 Å². The fourth-order valence-electron chi connectivity index (χ4n) is 2.00. The van der Waals surface area contributed by atoms with Gasteiger partial charge in [0, 0.05) is 6.61 Å². The van der Waals surface area contributed by atoms with Gasteiger partial charge in [-0.2, -0.15) is 0 Å². The van der Waals surface area contributed by atoms with Gasteiger partial charge in [-0.1, -0.05) is 26.2 Å². The lowest BCUT2D eigenvalue weighted by molar-refractivity contribution is 0.206. The topological polar surface area (TPSA) is 20.2 Å². The monoisotopic (exact) mass is 142 g/mol. The summed E-state index contributed by atoms with van der Waals surface area (Å²) in [6, 6.07) is 0. The van der Waals surface area contributed by atoms with Crippen LogP contribution in [-0.4, -0.2) is 11.7 Å². The minimum Gasteiger partial charge on any atom is -0.396 e. The van der Waals surface area contributed by atoms with Crippen LogP contribution in [0.1, 0.15) is 39.0 Å². The molecule has 0 bridgehead atoms. The highest BCUT2D eigenvalue weighted by Gasteiger charge is 2.17. The van der Waals surface area contributed by atoms with Crippen LogP contribution in [0.25, 0.3) is 0 Å². The molecule has 0 aromatic rings. The van der Waals surface area contributed by atoms with E-state index < -0.39 is 0 Å². The van der Waals surface area contributed by atoms with Crippen LogP contribution in [0.3, 0.4) is 0 Å².